The van der Waals surface area contributed by atoms with Gasteiger partial charge in [-0.2, -0.15) is 5.26 Å². The molecule has 0 unspecified atom stereocenters. The molecule has 114 valence electrons. The normalized spacial score (nSPS) is 14.7. The van der Waals surface area contributed by atoms with Crippen molar-refractivity contribution in [3.05, 3.63) is 64.7 Å². The highest BCUT2D eigenvalue weighted by molar-refractivity contribution is 7.99. The van der Waals surface area contributed by atoms with Crippen LogP contribution >= 0.6 is 11.8 Å². The highest BCUT2D eigenvalue weighted by Gasteiger charge is 2.26. The predicted molar refractivity (Wildman–Crippen MR) is 91.9 cm³/mol. The third-order valence-corrected chi connectivity index (χ3v) is 5.08. The first-order chi connectivity index (χ1) is 11.0. The van der Waals surface area contributed by atoms with Crippen LogP contribution in [0.25, 0.3) is 5.57 Å². The SMILES string of the molecule is CC(C)c1ccc2c(c1)/C(=C(\C#N)C(N)=O)c1ccccc1S2. The lowest BCUT2D eigenvalue weighted by Crippen LogP contribution is -2.16. The second kappa shape index (κ2) is 5.94. The molecule has 1 aliphatic heterocycles. The van der Waals surface area contributed by atoms with Gasteiger partial charge in [-0.1, -0.05) is 49.9 Å². The average molecular weight is 320 g/mol. The first kappa shape index (κ1) is 15.4. The minimum absolute atomic E-state index is 0.0138. The first-order valence-electron chi connectivity index (χ1n) is 7.38. The van der Waals surface area contributed by atoms with E-state index in [1.807, 2.05) is 30.3 Å². The maximum Gasteiger partial charge on any atom is 0.260 e. The maximum atomic E-state index is 11.8. The molecule has 3 rings (SSSR count). The second-order valence-corrected chi connectivity index (χ2v) is 6.82. The molecule has 3 nitrogen and oxygen atoms in total. The number of rotatable bonds is 2. The molecule has 0 fully saturated rings. The van der Waals surface area contributed by atoms with Gasteiger partial charge in [0.15, 0.2) is 0 Å². The summed E-state index contributed by atoms with van der Waals surface area (Å²) in [4.78, 5) is 13.9. The van der Waals surface area contributed by atoms with E-state index in [2.05, 4.69) is 32.0 Å². The molecule has 1 heterocycles. The molecule has 23 heavy (non-hydrogen) atoms. The molecule has 0 aliphatic carbocycles. The lowest BCUT2D eigenvalue weighted by Gasteiger charge is -2.24. The standard InChI is InChI=1S/C19H16N2OS/c1-11(2)12-7-8-17-14(9-12)18(15(10-20)19(21)22)13-5-3-4-6-16(13)23-17/h3-9,11H,1-2H3,(H2,21,22)/b18-15+. The predicted octanol–water partition coefficient (Wildman–Crippen LogP) is 4.09. The van der Waals surface area contributed by atoms with E-state index in [-0.39, 0.29) is 5.57 Å². The summed E-state index contributed by atoms with van der Waals surface area (Å²) < 4.78 is 0. The molecule has 2 aromatic carbocycles. The van der Waals surface area contributed by atoms with E-state index in [4.69, 9.17) is 5.73 Å². The van der Waals surface area contributed by atoms with Crippen LogP contribution in [-0.2, 0) is 4.79 Å². The van der Waals surface area contributed by atoms with Crippen molar-refractivity contribution in [2.24, 2.45) is 5.73 Å². The molecule has 0 radical (unpaired) electrons. The zero-order valence-corrected chi connectivity index (χ0v) is 13.8. The molecular formula is C19H16N2OS. The van der Waals surface area contributed by atoms with Crippen LogP contribution in [0.3, 0.4) is 0 Å². The Morgan fingerprint density at radius 1 is 1.13 bits per heavy atom. The molecule has 1 aliphatic rings. The molecule has 0 aromatic heterocycles. The van der Waals surface area contributed by atoms with Crippen LogP contribution in [0.5, 0.6) is 0 Å². The van der Waals surface area contributed by atoms with Crippen molar-refractivity contribution in [1.82, 2.24) is 0 Å². The largest absolute Gasteiger partial charge is 0.365 e. The van der Waals surface area contributed by atoms with Crippen LogP contribution in [0.15, 0.2) is 57.8 Å². The lowest BCUT2D eigenvalue weighted by molar-refractivity contribution is -0.114. The van der Waals surface area contributed by atoms with Gasteiger partial charge in [-0.05, 0) is 40.8 Å². The number of benzene rings is 2. The molecule has 2 aromatic rings. The molecule has 0 saturated carbocycles. The Morgan fingerprint density at radius 2 is 1.83 bits per heavy atom. The van der Waals surface area contributed by atoms with Gasteiger partial charge in [-0.3, -0.25) is 4.79 Å². The number of carbonyl (C=O) groups excluding carboxylic acids is 1. The van der Waals surface area contributed by atoms with Crippen LogP contribution in [-0.4, -0.2) is 5.91 Å². The van der Waals surface area contributed by atoms with Crippen molar-refractivity contribution in [3.8, 4) is 6.07 Å². The number of nitriles is 1. The summed E-state index contributed by atoms with van der Waals surface area (Å²) in [6.07, 6.45) is 0. The number of hydrogen-bond acceptors (Lipinski definition) is 3. The average Bonchev–Trinajstić information content (AvgIpc) is 2.54. The molecule has 1 amide bonds. The molecular weight excluding hydrogens is 304 g/mol. The number of carbonyl (C=O) groups is 1. The Balaban J connectivity index is 2.37. The Bertz CT molecular complexity index is 875. The van der Waals surface area contributed by atoms with E-state index >= 15 is 0 Å². The summed E-state index contributed by atoms with van der Waals surface area (Å²) in [6, 6.07) is 16.0. The quantitative estimate of drug-likeness (QED) is 0.571. The number of primary amides is 1. The van der Waals surface area contributed by atoms with Crippen molar-refractivity contribution >= 4 is 23.2 Å². The number of fused-ring (bicyclic) bond motifs is 2. The lowest BCUT2D eigenvalue weighted by atomic mass is 9.90. The fourth-order valence-electron chi connectivity index (χ4n) is 2.72. The third-order valence-electron chi connectivity index (χ3n) is 3.92. The van der Waals surface area contributed by atoms with E-state index in [1.54, 1.807) is 11.8 Å². The minimum Gasteiger partial charge on any atom is -0.365 e. The summed E-state index contributed by atoms with van der Waals surface area (Å²) in [6.45, 7) is 4.24. The van der Waals surface area contributed by atoms with Gasteiger partial charge in [0.05, 0.1) is 0 Å². The summed E-state index contributed by atoms with van der Waals surface area (Å²) in [5.41, 5.74) is 9.09. The van der Waals surface area contributed by atoms with Crippen molar-refractivity contribution < 1.29 is 4.79 Å². The molecule has 0 saturated heterocycles. The zero-order valence-electron chi connectivity index (χ0n) is 13.0. The van der Waals surface area contributed by atoms with Crippen LogP contribution in [0.1, 0.15) is 36.5 Å². The fourth-order valence-corrected chi connectivity index (χ4v) is 3.79. The maximum absolute atomic E-state index is 11.8. The number of nitrogens with two attached hydrogens (primary N) is 1. The van der Waals surface area contributed by atoms with Gasteiger partial charge in [0.1, 0.15) is 11.6 Å². The Kier molecular flexibility index (Phi) is 3.97. The highest BCUT2D eigenvalue weighted by atomic mass is 32.2. The molecule has 0 bridgehead atoms. The van der Waals surface area contributed by atoms with Crippen LogP contribution in [0, 0.1) is 11.3 Å². The second-order valence-electron chi connectivity index (χ2n) is 5.73. The first-order valence-corrected chi connectivity index (χ1v) is 8.20. The molecule has 4 heteroatoms. The number of amides is 1. The topological polar surface area (TPSA) is 66.9 Å². The molecule has 0 atom stereocenters. The number of nitrogens with zero attached hydrogens (tertiary/aromatic N) is 1. The summed E-state index contributed by atoms with van der Waals surface area (Å²) in [5.74, 6) is -0.326. The summed E-state index contributed by atoms with van der Waals surface area (Å²) >= 11 is 1.65. The van der Waals surface area contributed by atoms with E-state index in [0.29, 0.717) is 11.5 Å². The van der Waals surface area contributed by atoms with Crippen LogP contribution in [0.2, 0.25) is 0 Å². The van der Waals surface area contributed by atoms with Gasteiger partial charge in [-0.15, -0.1) is 0 Å². The van der Waals surface area contributed by atoms with Gasteiger partial charge in [0.2, 0.25) is 0 Å². The van der Waals surface area contributed by atoms with Gasteiger partial charge >= 0.3 is 0 Å². The van der Waals surface area contributed by atoms with E-state index in [1.165, 1.54) is 5.56 Å². The van der Waals surface area contributed by atoms with Gasteiger partial charge in [0, 0.05) is 15.4 Å². The fraction of sp³-hybridized carbons (Fsp3) is 0.158. The van der Waals surface area contributed by atoms with Crippen molar-refractivity contribution in [2.75, 3.05) is 0 Å². The van der Waals surface area contributed by atoms with E-state index in [9.17, 15) is 10.1 Å². The summed E-state index contributed by atoms with van der Waals surface area (Å²) in [7, 11) is 0. The Hall–Kier alpha value is -2.51. The van der Waals surface area contributed by atoms with E-state index < -0.39 is 5.91 Å². The van der Waals surface area contributed by atoms with Crippen molar-refractivity contribution in [2.45, 2.75) is 29.6 Å². The van der Waals surface area contributed by atoms with Gasteiger partial charge in [-0.25, -0.2) is 0 Å². The van der Waals surface area contributed by atoms with Crippen LogP contribution in [0.4, 0.5) is 0 Å². The third kappa shape index (κ3) is 2.64. The number of hydrogen-bond donors (Lipinski definition) is 1. The minimum atomic E-state index is -0.690. The Labute approximate surface area is 139 Å². The zero-order chi connectivity index (χ0) is 16.6. The molecule has 0 spiro atoms. The highest BCUT2D eigenvalue weighted by Crippen LogP contribution is 2.47. The Morgan fingerprint density at radius 3 is 2.48 bits per heavy atom. The monoisotopic (exact) mass is 320 g/mol. The van der Waals surface area contributed by atoms with Crippen molar-refractivity contribution in [3.63, 3.8) is 0 Å². The summed E-state index contributed by atoms with van der Waals surface area (Å²) in [5, 5.41) is 9.46. The smallest absolute Gasteiger partial charge is 0.260 e. The van der Waals surface area contributed by atoms with Crippen molar-refractivity contribution in [1.29, 1.82) is 5.26 Å². The van der Waals surface area contributed by atoms with Crippen LogP contribution < -0.4 is 5.73 Å². The van der Waals surface area contributed by atoms with Gasteiger partial charge in [0.25, 0.3) is 5.91 Å². The molecule has 2 N–H and O–H groups in total. The van der Waals surface area contributed by atoms with E-state index in [0.717, 1.165) is 20.9 Å². The van der Waals surface area contributed by atoms with Gasteiger partial charge < -0.3 is 5.73 Å².